The van der Waals surface area contributed by atoms with Crippen LogP contribution in [0.5, 0.6) is 5.75 Å². The Morgan fingerprint density at radius 3 is 2.90 bits per heavy atom. The van der Waals surface area contributed by atoms with Gasteiger partial charge in [-0.1, -0.05) is 13.3 Å². The summed E-state index contributed by atoms with van der Waals surface area (Å²) in [6.07, 6.45) is 3.11. The van der Waals surface area contributed by atoms with E-state index in [4.69, 9.17) is 4.74 Å². The summed E-state index contributed by atoms with van der Waals surface area (Å²) in [4.78, 5) is 12.1. The lowest BCUT2D eigenvalue weighted by Crippen LogP contribution is -2.24. The standard InChI is InChI=1S/C16H24N2O2.ClH/c1-3-4-9-20-14-5-6-15(12(2)10-14)18-16(19)13-7-8-17-11-13;/h5-6,10,13,17H,3-4,7-9,11H2,1-2H3,(H,18,19);1H. The van der Waals surface area contributed by atoms with Crippen LogP contribution in [0, 0.1) is 12.8 Å². The second kappa shape index (κ2) is 8.90. The van der Waals surface area contributed by atoms with E-state index < -0.39 is 0 Å². The van der Waals surface area contributed by atoms with Crippen molar-refractivity contribution >= 4 is 24.0 Å². The van der Waals surface area contributed by atoms with E-state index in [0.717, 1.165) is 56.0 Å². The van der Waals surface area contributed by atoms with E-state index in [0.29, 0.717) is 0 Å². The van der Waals surface area contributed by atoms with Gasteiger partial charge in [0, 0.05) is 12.2 Å². The molecule has 1 aromatic carbocycles. The van der Waals surface area contributed by atoms with Crippen molar-refractivity contribution in [1.29, 1.82) is 0 Å². The van der Waals surface area contributed by atoms with Gasteiger partial charge in [-0.3, -0.25) is 4.79 Å². The summed E-state index contributed by atoms with van der Waals surface area (Å²) in [5.74, 6) is 1.07. The number of hydrogen-bond donors (Lipinski definition) is 2. The number of aryl methyl sites for hydroxylation is 1. The molecule has 1 atom stereocenters. The zero-order valence-electron chi connectivity index (χ0n) is 12.8. The second-order valence-electron chi connectivity index (χ2n) is 5.36. The zero-order valence-corrected chi connectivity index (χ0v) is 13.6. The van der Waals surface area contributed by atoms with Gasteiger partial charge in [0.2, 0.25) is 5.91 Å². The monoisotopic (exact) mass is 312 g/mol. The molecule has 1 aromatic rings. The number of amides is 1. The molecule has 0 bridgehead atoms. The van der Waals surface area contributed by atoms with Crippen LogP contribution < -0.4 is 15.4 Å². The van der Waals surface area contributed by atoms with Gasteiger partial charge in [-0.2, -0.15) is 0 Å². The molecule has 2 rings (SSSR count). The SMILES string of the molecule is CCCCOc1ccc(NC(=O)C2CCNC2)c(C)c1.Cl. The third-order valence-corrected chi connectivity index (χ3v) is 3.65. The molecule has 1 unspecified atom stereocenters. The molecular formula is C16H25ClN2O2. The summed E-state index contributed by atoms with van der Waals surface area (Å²) in [6, 6.07) is 5.83. The highest BCUT2D eigenvalue weighted by Gasteiger charge is 2.22. The maximum absolute atomic E-state index is 12.1. The molecule has 1 heterocycles. The van der Waals surface area contributed by atoms with E-state index in [-0.39, 0.29) is 24.2 Å². The predicted molar refractivity (Wildman–Crippen MR) is 88.4 cm³/mol. The van der Waals surface area contributed by atoms with Crippen molar-refractivity contribution in [3.8, 4) is 5.75 Å². The van der Waals surface area contributed by atoms with E-state index in [2.05, 4.69) is 17.6 Å². The van der Waals surface area contributed by atoms with E-state index in [1.807, 2.05) is 25.1 Å². The van der Waals surface area contributed by atoms with Gasteiger partial charge < -0.3 is 15.4 Å². The average molecular weight is 313 g/mol. The largest absolute Gasteiger partial charge is 0.494 e. The number of unbranched alkanes of at least 4 members (excludes halogenated alkanes) is 1. The summed E-state index contributed by atoms with van der Waals surface area (Å²) in [7, 11) is 0. The fourth-order valence-corrected chi connectivity index (χ4v) is 2.31. The first-order valence-corrected chi connectivity index (χ1v) is 7.45. The average Bonchev–Trinajstić information content (AvgIpc) is 2.96. The maximum Gasteiger partial charge on any atom is 0.228 e. The summed E-state index contributed by atoms with van der Waals surface area (Å²) >= 11 is 0. The Morgan fingerprint density at radius 2 is 2.29 bits per heavy atom. The molecule has 0 spiro atoms. The third kappa shape index (κ3) is 5.21. The first kappa shape index (κ1) is 17.8. The molecule has 0 radical (unpaired) electrons. The van der Waals surface area contributed by atoms with E-state index >= 15 is 0 Å². The molecule has 5 heteroatoms. The van der Waals surface area contributed by atoms with Crippen LogP contribution in [0.3, 0.4) is 0 Å². The number of carbonyl (C=O) groups excluding carboxylic acids is 1. The van der Waals surface area contributed by atoms with Gasteiger partial charge in [0.15, 0.2) is 0 Å². The van der Waals surface area contributed by atoms with Crippen molar-refractivity contribution in [3.05, 3.63) is 23.8 Å². The van der Waals surface area contributed by atoms with Crippen LogP contribution in [0.2, 0.25) is 0 Å². The van der Waals surface area contributed by atoms with Crippen LogP contribution in [0.4, 0.5) is 5.69 Å². The fraction of sp³-hybridized carbons (Fsp3) is 0.562. The summed E-state index contributed by atoms with van der Waals surface area (Å²) < 4.78 is 5.66. The van der Waals surface area contributed by atoms with Crippen LogP contribution in [0.1, 0.15) is 31.7 Å². The van der Waals surface area contributed by atoms with E-state index in [1.54, 1.807) is 0 Å². The molecule has 21 heavy (non-hydrogen) atoms. The van der Waals surface area contributed by atoms with Crippen LogP contribution in [0.15, 0.2) is 18.2 Å². The Balaban J connectivity index is 0.00000220. The topological polar surface area (TPSA) is 50.4 Å². The highest BCUT2D eigenvalue weighted by molar-refractivity contribution is 5.93. The first-order valence-electron chi connectivity index (χ1n) is 7.45. The van der Waals surface area contributed by atoms with Gasteiger partial charge >= 0.3 is 0 Å². The third-order valence-electron chi connectivity index (χ3n) is 3.65. The van der Waals surface area contributed by atoms with Crippen LogP contribution >= 0.6 is 12.4 Å². The van der Waals surface area contributed by atoms with Crippen molar-refractivity contribution < 1.29 is 9.53 Å². The molecule has 1 amide bonds. The molecule has 118 valence electrons. The van der Waals surface area contributed by atoms with Crippen molar-refractivity contribution in [3.63, 3.8) is 0 Å². The van der Waals surface area contributed by atoms with E-state index in [9.17, 15) is 4.79 Å². The Kier molecular flexibility index (Phi) is 7.54. The van der Waals surface area contributed by atoms with Gasteiger partial charge in [0.05, 0.1) is 12.5 Å². The van der Waals surface area contributed by atoms with Gasteiger partial charge in [-0.05, 0) is 50.1 Å². The number of benzene rings is 1. The smallest absolute Gasteiger partial charge is 0.228 e. The molecular weight excluding hydrogens is 288 g/mol. The van der Waals surface area contributed by atoms with Gasteiger partial charge in [-0.15, -0.1) is 12.4 Å². The summed E-state index contributed by atoms with van der Waals surface area (Å²) in [5.41, 5.74) is 1.92. The number of carbonyl (C=O) groups is 1. The Hall–Kier alpha value is -1.26. The molecule has 0 aromatic heterocycles. The number of ether oxygens (including phenoxy) is 1. The molecule has 4 nitrogen and oxygen atoms in total. The minimum Gasteiger partial charge on any atom is -0.494 e. The molecule has 1 saturated heterocycles. The summed E-state index contributed by atoms with van der Waals surface area (Å²) in [5, 5.41) is 6.22. The molecule has 0 saturated carbocycles. The van der Waals surface area contributed by atoms with Crippen molar-refractivity contribution in [2.45, 2.75) is 33.1 Å². The van der Waals surface area contributed by atoms with Gasteiger partial charge in [-0.25, -0.2) is 0 Å². The number of halogens is 1. The van der Waals surface area contributed by atoms with Crippen LogP contribution in [0.25, 0.3) is 0 Å². The normalized spacial score (nSPS) is 17.1. The highest BCUT2D eigenvalue weighted by Crippen LogP contribution is 2.22. The number of hydrogen-bond acceptors (Lipinski definition) is 3. The van der Waals surface area contributed by atoms with E-state index in [1.165, 1.54) is 0 Å². The lowest BCUT2D eigenvalue weighted by atomic mass is 10.1. The highest BCUT2D eigenvalue weighted by atomic mass is 35.5. The Bertz CT molecular complexity index is 460. The lowest BCUT2D eigenvalue weighted by Gasteiger charge is -2.13. The molecule has 1 fully saturated rings. The zero-order chi connectivity index (χ0) is 14.4. The number of nitrogens with one attached hydrogen (secondary N) is 2. The van der Waals surface area contributed by atoms with Crippen molar-refractivity contribution in [2.24, 2.45) is 5.92 Å². The fourth-order valence-electron chi connectivity index (χ4n) is 2.31. The lowest BCUT2D eigenvalue weighted by molar-refractivity contribution is -0.119. The summed E-state index contributed by atoms with van der Waals surface area (Å²) in [6.45, 7) is 6.60. The van der Waals surface area contributed by atoms with Crippen LogP contribution in [-0.4, -0.2) is 25.6 Å². The second-order valence-corrected chi connectivity index (χ2v) is 5.36. The van der Waals surface area contributed by atoms with Crippen molar-refractivity contribution in [1.82, 2.24) is 5.32 Å². The Morgan fingerprint density at radius 1 is 1.48 bits per heavy atom. The Labute approximate surface area is 133 Å². The maximum atomic E-state index is 12.1. The minimum absolute atomic E-state index is 0. The minimum atomic E-state index is 0. The quantitative estimate of drug-likeness (QED) is 0.793. The number of anilines is 1. The predicted octanol–water partition coefficient (Wildman–Crippen LogP) is 3.14. The number of rotatable bonds is 6. The van der Waals surface area contributed by atoms with Crippen molar-refractivity contribution in [2.75, 3.05) is 25.0 Å². The van der Waals surface area contributed by atoms with Crippen LogP contribution in [-0.2, 0) is 4.79 Å². The van der Waals surface area contributed by atoms with Gasteiger partial charge in [0.25, 0.3) is 0 Å². The van der Waals surface area contributed by atoms with Gasteiger partial charge in [0.1, 0.15) is 5.75 Å². The molecule has 2 N–H and O–H groups in total. The molecule has 0 aliphatic carbocycles. The molecule has 1 aliphatic rings. The first-order chi connectivity index (χ1) is 9.70. The molecule has 1 aliphatic heterocycles.